The Morgan fingerprint density at radius 1 is 1.25 bits per heavy atom. The summed E-state index contributed by atoms with van der Waals surface area (Å²) < 4.78 is 5.28. The maximum Gasteiger partial charge on any atom is 0.216 e. The number of aromatic amines is 1. The zero-order valence-corrected chi connectivity index (χ0v) is 16.7. The third-order valence-corrected chi connectivity index (χ3v) is 3.47. The van der Waals surface area contributed by atoms with Crippen LogP contribution in [0.2, 0.25) is 0 Å². The molecule has 0 spiro atoms. The fraction of sp³-hybridized carbons (Fsp3) is 0.562. The van der Waals surface area contributed by atoms with Gasteiger partial charge >= 0.3 is 0 Å². The lowest BCUT2D eigenvalue weighted by Crippen LogP contribution is -2.38. The molecule has 2 rings (SSSR count). The van der Waals surface area contributed by atoms with Crippen LogP contribution in [0.5, 0.6) is 0 Å². The van der Waals surface area contributed by atoms with Crippen LogP contribution >= 0.6 is 24.0 Å². The van der Waals surface area contributed by atoms with Crippen molar-refractivity contribution < 1.29 is 4.42 Å². The molecule has 8 heteroatoms. The summed E-state index contributed by atoms with van der Waals surface area (Å²) in [4.78, 5) is 8.63. The van der Waals surface area contributed by atoms with Crippen LogP contribution in [0, 0.1) is 0 Å². The maximum atomic E-state index is 5.28. The van der Waals surface area contributed by atoms with E-state index in [-0.39, 0.29) is 24.0 Å². The summed E-state index contributed by atoms with van der Waals surface area (Å²) in [5.41, 5.74) is 0. The summed E-state index contributed by atoms with van der Waals surface area (Å²) in [5.74, 6) is 2.91. The minimum Gasteiger partial charge on any atom is -0.461 e. The molecule has 134 valence electrons. The van der Waals surface area contributed by atoms with E-state index in [1.807, 2.05) is 12.1 Å². The minimum atomic E-state index is 0. The Morgan fingerprint density at radius 3 is 2.79 bits per heavy atom. The SMILES string of the molecule is CCCCCCNC(=NC)NCCc1nc(-c2ccco2)n[nH]1.I. The Hall–Kier alpha value is -1.58. The summed E-state index contributed by atoms with van der Waals surface area (Å²) >= 11 is 0. The van der Waals surface area contributed by atoms with Gasteiger partial charge < -0.3 is 15.1 Å². The van der Waals surface area contributed by atoms with Crippen LogP contribution in [-0.2, 0) is 6.42 Å². The molecule has 24 heavy (non-hydrogen) atoms. The maximum absolute atomic E-state index is 5.28. The molecule has 0 amide bonds. The third-order valence-electron chi connectivity index (χ3n) is 3.47. The molecule has 0 unspecified atom stereocenters. The number of aromatic nitrogens is 3. The Labute approximate surface area is 160 Å². The molecule has 3 N–H and O–H groups in total. The monoisotopic (exact) mass is 446 g/mol. The second-order valence-corrected chi connectivity index (χ2v) is 5.32. The number of nitrogens with zero attached hydrogens (tertiary/aromatic N) is 3. The number of rotatable bonds is 9. The van der Waals surface area contributed by atoms with Crippen molar-refractivity contribution in [3.63, 3.8) is 0 Å². The number of aliphatic imine (C=N–C) groups is 1. The van der Waals surface area contributed by atoms with Gasteiger partial charge in [0.05, 0.1) is 6.26 Å². The first-order chi connectivity index (χ1) is 11.3. The van der Waals surface area contributed by atoms with E-state index < -0.39 is 0 Å². The van der Waals surface area contributed by atoms with Crippen LogP contribution in [0.4, 0.5) is 0 Å². The van der Waals surface area contributed by atoms with Gasteiger partial charge in [-0.25, -0.2) is 4.98 Å². The second kappa shape index (κ2) is 11.9. The van der Waals surface area contributed by atoms with Crippen molar-refractivity contribution in [1.82, 2.24) is 25.8 Å². The number of unbranched alkanes of at least 4 members (excludes halogenated alkanes) is 3. The number of H-pyrrole nitrogens is 1. The lowest BCUT2D eigenvalue weighted by Gasteiger charge is -2.10. The van der Waals surface area contributed by atoms with Crippen molar-refractivity contribution >= 4 is 29.9 Å². The molecule has 0 atom stereocenters. The Bertz CT molecular complexity index is 581. The average Bonchev–Trinajstić information content (AvgIpc) is 3.24. The molecule has 7 nitrogen and oxygen atoms in total. The van der Waals surface area contributed by atoms with E-state index in [1.54, 1.807) is 13.3 Å². The van der Waals surface area contributed by atoms with Gasteiger partial charge in [-0.15, -0.1) is 24.0 Å². The minimum absolute atomic E-state index is 0. The molecule has 0 aliphatic rings. The third kappa shape index (κ3) is 6.90. The zero-order chi connectivity index (χ0) is 16.3. The van der Waals surface area contributed by atoms with E-state index in [0.29, 0.717) is 11.6 Å². The highest BCUT2D eigenvalue weighted by Gasteiger charge is 2.08. The highest BCUT2D eigenvalue weighted by Crippen LogP contribution is 2.14. The van der Waals surface area contributed by atoms with Gasteiger partial charge in [0, 0.05) is 26.6 Å². The van der Waals surface area contributed by atoms with Crippen molar-refractivity contribution in [1.29, 1.82) is 0 Å². The van der Waals surface area contributed by atoms with Gasteiger partial charge in [0.15, 0.2) is 11.7 Å². The number of furan rings is 1. The molecule has 0 saturated heterocycles. The van der Waals surface area contributed by atoms with Gasteiger partial charge in [-0.05, 0) is 18.6 Å². The normalized spacial score (nSPS) is 11.2. The van der Waals surface area contributed by atoms with Crippen LogP contribution in [0.15, 0.2) is 27.8 Å². The number of guanidine groups is 1. The van der Waals surface area contributed by atoms with Crippen molar-refractivity contribution in [3.8, 4) is 11.6 Å². The standard InChI is InChI=1S/C16H26N6O.HI/c1-3-4-5-6-10-18-16(17-2)19-11-9-14-20-15(22-21-14)13-8-7-12-23-13;/h7-8,12H,3-6,9-11H2,1-2H3,(H2,17,18,19)(H,20,21,22);1H. The number of halogens is 1. The van der Waals surface area contributed by atoms with E-state index >= 15 is 0 Å². The van der Waals surface area contributed by atoms with Gasteiger partial charge in [0.2, 0.25) is 5.82 Å². The molecular formula is C16H27IN6O. The molecule has 0 saturated carbocycles. The Balaban J connectivity index is 0.00000288. The smallest absolute Gasteiger partial charge is 0.216 e. The quantitative estimate of drug-likeness (QED) is 0.239. The number of hydrogen-bond donors (Lipinski definition) is 3. The summed E-state index contributed by atoms with van der Waals surface area (Å²) in [6.07, 6.45) is 7.33. The van der Waals surface area contributed by atoms with Crippen molar-refractivity contribution in [3.05, 3.63) is 24.2 Å². The Kier molecular flexibility index (Phi) is 10.1. The van der Waals surface area contributed by atoms with Crippen LogP contribution in [0.1, 0.15) is 38.4 Å². The summed E-state index contributed by atoms with van der Waals surface area (Å²) in [5, 5.41) is 13.7. The molecule has 0 radical (unpaired) electrons. The molecular weight excluding hydrogens is 419 g/mol. The molecule has 2 heterocycles. The van der Waals surface area contributed by atoms with Crippen molar-refractivity contribution in [2.24, 2.45) is 4.99 Å². The molecule has 0 aliphatic heterocycles. The van der Waals surface area contributed by atoms with Gasteiger partial charge in [0.1, 0.15) is 5.82 Å². The fourth-order valence-electron chi connectivity index (χ4n) is 2.20. The van der Waals surface area contributed by atoms with Gasteiger partial charge in [0.25, 0.3) is 0 Å². The molecule has 0 aliphatic carbocycles. The first kappa shape index (κ1) is 20.5. The molecule has 0 fully saturated rings. The first-order valence-electron chi connectivity index (χ1n) is 8.23. The predicted molar refractivity (Wildman–Crippen MR) is 107 cm³/mol. The van der Waals surface area contributed by atoms with Gasteiger partial charge in [-0.1, -0.05) is 26.2 Å². The lowest BCUT2D eigenvalue weighted by molar-refractivity contribution is 0.577. The summed E-state index contributed by atoms with van der Waals surface area (Å²) in [6, 6.07) is 3.67. The zero-order valence-electron chi connectivity index (χ0n) is 14.3. The van der Waals surface area contributed by atoms with Crippen LogP contribution < -0.4 is 10.6 Å². The van der Waals surface area contributed by atoms with Crippen LogP contribution in [0.3, 0.4) is 0 Å². The topological polar surface area (TPSA) is 91.1 Å². The number of hydrogen-bond acceptors (Lipinski definition) is 4. The van der Waals surface area contributed by atoms with Gasteiger partial charge in [-0.3, -0.25) is 10.1 Å². The first-order valence-corrected chi connectivity index (χ1v) is 8.23. The second-order valence-electron chi connectivity index (χ2n) is 5.32. The van der Waals surface area contributed by atoms with Crippen LogP contribution in [-0.4, -0.2) is 41.3 Å². The Morgan fingerprint density at radius 2 is 2.08 bits per heavy atom. The van der Waals surface area contributed by atoms with E-state index in [4.69, 9.17) is 4.42 Å². The van der Waals surface area contributed by atoms with E-state index in [2.05, 4.69) is 37.7 Å². The van der Waals surface area contributed by atoms with Crippen molar-refractivity contribution in [2.75, 3.05) is 20.1 Å². The van der Waals surface area contributed by atoms with E-state index in [9.17, 15) is 0 Å². The van der Waals surface area contributed by atoms with Gasteiger partial charge in [-0.2, -0.15) is 5.10 Å². The molecule has 2 aromatic heterocycles. The highest BCUT2D eigenvalue weighted by molar-refractivity contribution is 14.0. The lowest BCUT2D eigenvalue weighted by atomic mass is 10.2. The van der Waals surface area contributed by atoms with Crippen molar-refractivity contribution in [2.45, 2.75) is 39.0 Å². The summed E-state index contributed by atoms with van der Waals surface area (Å²) in [7, 11) is 1.78. The molecule has 0 bridgehead atoms. The molecule has 2 aromatic rings. The fourth-order valence-corrected chi connectivity index (χ4v) is 2.20. The average molecular weight is 446 g/mol. The van der Waals surface area contributed by atoms with Crippen LogP contribution in [0.25, 0.3) is 11.6 Å². The predicted octanol–water partition coefficient (Wildman–Crippen LogP) is 2.97. The van der Waals surface area contributed by atoms with E-state index in [0.717, 1.165) is 31.3 Å². The summed E-state index contributed by atoms with van der Waals surface area (Å²) in [6.45, 7) is 3.90. The highest BCUT2D eigenvalue weighted by atomic mass is 127. The number of nitrogens with one attached hydrogen (secondary N) is 3. The van der Waals surface area contributed by atoms with E-state index in [1.165, 1.54) is 25.7 Å². The molecule has 0 aromatic carbocycles. The largest absolute Gasteiger partial charge is 0.461 e.